The summed E-state index contributed by atoms with van der Waals surface area (Å²) >= 11 is 0. The third-order valence-corrected chi connectivity index (χ3v) is 3.35. The van der Waals surface area contributed by atoms with Gasteiger partial charge in [-0.3, -0.25) is 0 Å². The molecule has 1 aromatic carbocycles. The summed E-state index contributed by atoms with van der Waals surface area (Å²) in [6, 6.07) is 8.43. The molecule has 0 atom stereocenters. The number of nitrogens with zero attached hydrogens (tertiary/aromatic N) is 3. The third-order valence-electron chi connectivity index (χ3n) is 3.35. The first-order valence-electron chi connectivity index (χ1n) is 7.16. The van der Waals surface area contributed by atoms with E-state index in [9.17, 15) is 5.11 Å². The zero-order valence-corrected chi connectivity index (χ0v) is 12.7. The van der Waals surface area contributed by atoms with Crippen molar-refractivity contribution < 1.29 is 5.11 Å². The number of hydrogen-bond acceptors (Lipinski definition) is 3. The highest BCUT2D eigenvalue weighted by Gasteiger charge is 2.14. The molecule has 1 aromatic heterocycles. The molecule has 4 heteroatoms. The van der Waals surface area contributed by atoms with Gasteiger partial charge in [0.15, 0.2) is 11.6 Å². The van der Waals surface area contributed by atoms with E-state index in [1.54, 1.807) is 0 Å². The van der Waals surface area contributed by atoms with Crippen LogP contribution in [0.2, 0.25) is 0 Å². The Kier molecular flexibility index (Phi) is 4.55. The van der Waals surface area contributed by atoms with Crippen molar-refractivity contribution in [3.8, 4) is 11.4 Å². The predicted octanol–water partition coefficient (Wildman–Crippen LogP) is 3.22. The molecule has 1 N–H and O–H groups in total. The minimum Gasteiger partial charge on any atom is -0.388 e. The van der Waals surface area contributed by atoms with E-state index in [-0.39, 0.29) is 6.61 Å². The molecular weight excluding hydrogens is 250 g/mol. The molecule has 0 saturated heterocycles. The minimum atomic E-state index is -0.0796. The van der Waals surface area contributed by atoms with E-state index >= 15 is 0 Å². The molecule has 108 valence electrons. The van der Waals surface area contributed by atoms with Gasteiger partial charge >= 0.3 is 0 Å². The van der Waals surface area contributed by atoms with Crippen molar-refractivity contribution in [1.82, 2.24) is 14.8 Å². The molecule has 0 spiro atoms. The van der Waals surface area contributed by atoms with Gasteiger partial charge in [-0.2, -0.15) is 0 Å². The van der Waals surface area contributed by atoms with Crippen molar-refractivity contribution in [2.24, 2.45) is 5.92 Å². The molecule has 0 amide bonds. The molecule has 4 nitrogen and oxygen atoms in total. The molecule has 0 fully saturated rings. The fourth-order valence-corrected chi connectivity index (χ4v) is 2.24. The van der Waals surface area contributed by atoms with Crippen molar-refractivity contribution in [1.29, 1.82) is 0 Å². The zero-order chi connectivity index (χ0) is 14.7. The van der Waals surface area contributed by atoms with Crippen molar-refractivity contribution in [3.05, 3.63) is 35.7 Å². The molecular formula is C16H23N3O. The van der Waals surface area contributed by atoms with E-state index in [2.05, 4.69) is 62.2 Å². The van der Waals surface area contributed by atoms with Crippen molar-refractivity contribution in [2.75, 3.05) is 0 Å². The standard InChI is InChI=1S/C16H23N3O/c1-11(2)9-19-15(10-20)17-18-16(19)14-7-5-13(6-8-14)12(3)4/h5-8,11-12,20H,9-10H2,1-4H3. The highest BCUT2D eigenvalue weighted by molar-refractivity contribution is 5.56. The van der Waals surface area contributed by atoms with Gasteiger partial charge in [0, 0.05) is 12.1 Å². The van der Waals surface area contributed by atoms with E-state index in [4.69, 9.17) is 0 Å². The van der Waals surface area contributed by atoms with Crippen LogP contribution < -0.4 is 0 Å². The number of benzene rings is 1. The third kappa shape index (κ3) is 3.07. The van der Waals surface area contributed by atoms with E-state index in [1.807, 2.05) is 4.57 Å². The molecule has 0 radical (unpaired) electrons. The SMILES string of the molecule is CC(C)Cn1c(CO)nnc1-c1ccc(C(C)C)cc1. The van der Waals surface area contributed by atoms with Crippen LogP contribution in [0.3, 0.4) is 0 Å². The van der Waals surface area contributed by atoms with Gasteiger partial charge in [-0.05, 0) is 17.4 Å². The summed E-state index contributed by atoms with van der Waals surface area (Å²) in [4.78, 5) is 0. The fourth-order valence-electron chi connectivity index (χ4n) is 2.24. The Balaban J connectivity index is 2.38. The highest BCUT2D eigenvalue weighted by atomic mass is 16.3. The van der Waals surface area contributed by atoms with E-state index in [0.717, 1.165) is 17.9 Å². The minimum absolute atomic E-state index is 0.0796. The van der Waals surface area contributed by atoms with Gasteiger partial charge in [0.1, 0.15) is 6.61 Å². The first-order chi connectivity index (χ1) is 9.52. The Morgan fingerprint density at radius 2 is 1.70 bits per heavy atom. The summed E-state index contributed by atoms with van der Waals surface area (Å²) in [7, 11) is 0. The monoisotopic (exact) mass is 273 g/mol. The van der Waals surface area contributed by atoms with Gasteiger partial charge < -0.3 is 9.67 Å². The molecule has 0 aliphatic rings. The molecule has 0 saturated carbocycles. The molecule has 2 aromatic rings. The fraction of sp³-hybridized carbons (Fsp3) is 0.500. The number of aliphatic hydroxyl groups excluding tert-OH is 1. The van der Waals surface area contributed by atoms with Crippen molar-refractivity contribution >= 4 is 0 Å². The Labute approximate surface area is 120 Å². The maximum atomic E-state index is 9.39. The van der Waals surface area contributed by atoms with Gasteiger partial charge in [-0.15, -0.1) is 10.2 Å². The van der Waals surface area contributed by atoms with Gasteiger partial charge in [0.25, 0.3) is 0 Å². The van der Waals surface area contributed by atoms with Crippen LogP contribution in [0, 0.1) is 5.92 Å². The molecule has 0 bridgehead atoms. The Morgan fingerprint density at radius 1 is 1.05 bits per heavy atom. The molecule has 20 heavy (non-hydrogen) atoms. The van der Waals surface area contributed by atoms with Crippen molar-refractivity contribution in [3.63, 3.8) is 0 Å². The number of aromatic nitrogens is 3. The number of aliphatic hydroxyl groups is 1. The van der Waals surface area contributed by atoms with Gasteiger partial charge in [-0.25, -0.2) is 0 Å². The van der Waals surface area contributed by atoms with Crippen LogP contribution in [0.25, 0.3) is 11.4 Å². The van der Waals surface area contributed by atoms with E-state index in [0.29, 0.717) is 17.7 Å². The number of rotatable bonds is 5. The lowest BCUT2D eigenvalue weighted by Gasteiger charge is -2.12. The van der Waals surface area contributed by atoms with Crippen LogP contribution in [0.15, 0.2) is 24.3 Å². The predicted molar refractivity (Wildman–Crippen MR) is 80.3 cm³/mol. The lowest BCUT2D eigenvalue weighted by molar-refractivity contribution is 0.262. The molecule has 0 unspecified atom stereocenters. The highest BCUT2D eigenvalue weighted by Crippen LogP contribution is 2.23. The maximum absolute atomic E-state index is 9.39. The summed E-state index contributed by atoms with van der Waals surface area (Å²) in [5.74, 6) is 2.45. The second-order valence-electron chi connectivity index (χ2n) is 5.88. The first-order valence-corrected chi connectivity index (χ1v) is 7.16. The second-order valence-corrected chi connectivity index (χ2v) is 5.88. The van der Waals surface area contributed by atoms with E-state index < -0.39 is 0 Å². The zero-order valence-electron chi connectivity index (χ0n) is 12.7. The average Bonchev–Trinajstić information content (AvgIpc) is 2.81. The molecule has 0 aliphatic carbocycles. The van der Waals surface area contributed by atoms with Crippen LogP contribution >= 0.6 is 0 Å². The second kappa shape index (κ2) is 6.18. The maximum Gasteiger partial charge on any atom is 0.164 e. The van der Waals surface area contributed by atoms with Crippen LogP contribution in [-0.2, 0) is 13.2 Å². The quantitative estimate of drug-likeness (QED) is 0.910. The van der Waals surface area contributed by atoms with Crippen LogP contribution in [0.1, 0.15) is 45.0 Å². The summed E-state index contributed by atoms with van der Waals surface area (Å²) < 4.78 is 2.01. The lowest BCUT2D eigenvalue weighted by atomic mass is 10.0. The molecule has 1 heterocycles. The summed E-state index contributed by atoms with van der Waals surface area (Å²) in [5.41, 5.74) is 2.35. The first kappa shape index (κ1) is 14.7. The lowest BCUT2D eigenvalue weighted by Crippen LogP contribution is -2.10. The van der Waals surface area contributed by atoms with Crippen molar-refractivity contribution in [2.45, 2.75) is 46.8 Å². The molecule has 2 rings (SSSR count). The summed E-state index contributed by atoms with van der Waals surface area (Å²) in [6.07, 6.45) is 0. The number of hydrogen-bond donors (Lipinski definition) is 1. The van der Waals surface area contributed by atoms with Gasteiger partial charge in [0.2, 0.25) is 0 Å². The van der Waals surface area contributed by atoms with Gasteiger partial charge in [0.05, 0.1) is 0 Å². The Bertz CT molecular complexity index is 556. The van der Waals surface area contributed by atoms with Crippen LogP contribution in [0.5, 0.6) is 0 Å². The Morgan fingerprint density at radius 3 is 2.20 bits per heavy atom. The smallest absolute Gasteiger partial charge is 0.164 e. The van der Waals surface area contributed by atoms with Gasteiger partial charge in [-0.1, -0.05) is 52.0 Å². The van der Waals surface area contributed by atoms with Crippen LogP contribution in [0.4, 0.5) is 0 Å². The normalized spacial score (nSPS) is 11.6. The summed E-state index contributed by atoms with van der Waals surface area (Å²) in [6.45, 7) is 9.38. The summed E-state index contributed by atoms with van der Waals surface area (Å²) in [5, 5.41) is 17.7. The largest absolute Gasteiger partial charge is 0.388 e. The average molecular weight is 273 g/mol. The van der Waals surface area contributed by atoms with Crippen LogP contribution in [-0.4, -0.2) is 19.9 Å². The topological polar surface area (TPSA) is 50.9 Å². The van der Waals surface area contributed by atoms with E-state index in [1.165, 1.54) is 5.56 Å². The Hall–Kier alpha value is -1.68. The molecule has 0 aliphatic heterocycles.